The minimum Gasteiger partial charge on any atom is -0.467 e. The number of aliphatic hydroxyl groups excluding tert-OH is 1. The quantitative estimate of drug-likeness (QED) is 0.718. The van der Waals surface area contributed by atoms with Crippen LogP contribution in [0.25, 0.3) is 0 Å². The van der Waals surface area contributed by atoms with Crippen molar-refractivity contribution in [2.75, 3.05) is 13.7 Å². The van der Waals surface area contributed by atoms with Crippen LogP contribution in [0.2, 0.25) is 0 Å². The fourth-order valence-corrected chi connectivity index (χ4v) is 1.54. The maximum atomic E-state index is 13.9. The van der Waals surface area contributed by atoms with E-state index in [1.807, 2.05) is 0 Å². The predicted octanol–water partition coefficient (Wildman–Crippen LogP) is 0.400. The second-order valence-corrected chi connectivity index (χ2v) is 4.38. The summed E-state index contributed by atoms with van der Waals surface area (Å²) in [5.41, 5.74) is -2.51. The molecular weight excluding hydrogens is 219 g/mol. The van der Waals surface area contributed by atoms with Crippen molar-refractivity contribution in [1.29, 1.82) is 0 Å². The molecule has 3 atom stereocenters. The molecule has 0 aromatic carbocycles. The molecule has 2 unspecified atom stereocenters. The SMILES string of the molecule is COC(=O)[C@](C)(F)C(O)C1COC(C)(C)O1. The number of carbonyl (C=O) groups excluding carboxylic acids is 1. The Labute approximate surface area is 93.5 Å². The fourth-order valence-electron chi connectivity index (χ4n) is 1.54. The van der Waals surface area contributed by atoms with E-state index in [4.69, 9.17) is 9.47 Å². The van der Waals surface area contributed by atoms with Gasteiger partial charge in [-0.15, -0.1) is 0 Å². The largest absolute Gasteiger partial charge is 0.467 e. The van der Waals surface area contributed by atoms with E-state index in [9.17, 15) is 14.3 Å². The standard InChI is InChI=1S/C10H17FO5/c1-9(2)15-5-6(16-9)7(12)10(3,11)8(13)14-4/h6-7,12H,5H2,1-4H3/t6?,7?,10-/m1/s1. The van der Waals surface area contributed by atoms with Gasteiger partial charge >= 0.3 is 5.97 Å². The topological polar surface area (TPSA) is 65.0 Å². The lowest BCUT2D eigenvalue weighted by molar-refractivity contribution is -0.181. The number of hydrogen-bond acceptors (Lipinski definition) is 5. The Balaban J connectivity index is 2.71. The van der Waals surface area contributed by atoms with Crippen molar-refractivity contribution in [1.82, 2.24) is 0 Å². The Bertz CT molecular complexity index is 276. The number of carbonyl (C=O) groups is 1. The van der Waals surface area contributed by atoms with E-state index < -0.39 is 29.6 Å². The lowest BCUT2D eigenvalue weighted by Gasteiger charge is -2.27. The summed E-state index contributed by atoms with van der Waals surface area (Å²) >= 11 is 0. The molecule has 6 heteroatoms. The van der Waals surface area contributed by atoms with E-state index in [2.05, 4.69) is 4.74 Å². The van der Waals surface area contributed by atoms with E-state index >= 15 is 0 Å². The van der Waals surface area contributed by atoms with Gasteiger partial charge in [0, 0.05) is 0 Å². The molecule has 0 radical (unpaired) electrons. The molecule has 1 rings (SSSR count). The van der Waals surface area contributed by atoms with Gasteiger partial charge in [-0.1, -0.05) is 0 Å². The van der Waals surface area contributed by atoms with Gasteiger partial charge in [-0.05, 0) is 20.8 Å². The molecule has 1 fully saturated rings. The molecule has 0 aliphatic carbocycles. The van der Waals surface area contributed by atoms with Crippen LogP contribution in [0.3, 0.4) is 0 Å². The summed E-state index contributed by atoms with van der Waals surface area (Å²) in [5, 5.41) is 9.73. The maximum Gasteiger partial charge on any atom is 0.346 e. The van der Waals surface area contributed by atoms with Crippen molar-refractivity contribution in [2.45, 2.75) is 44.4 Å². The smallest absolute Gasteiger partial charge is 0.346 e. The molecule has 1 heterocycles. The number of alkyl halides is 1. The van der Waals surface area contributed by atoms with Crippen LogP contribution in [-0.2, 0) is 19.0 Å². The van der Waals surface area contributed by atoms with Gasteiger partial charge < -0.3 is 19.3 Å². The zero-order valence-corrected chi connectivity index (χ0v) is 9.82. The van der Waals surface area contributed by atoms with Crippen LogP contribution >= 0.6 is 0 Å². The molecule has 0 amide bonds. The third kappa shape index (κ3) is 2.50. The summed E-state index contributed by atoms with van der Waals surface area (Å²) in [4.78, 5) is 11.1. The molecule has 0 spiro atoms. The molecule has 16 heavy (non-hydrogen) atoms. The Kier molecular flexibility index (Phi) is 3.56. The first-order chi connectivity index (χ1) is 7.20. The Morgan fingerprint density at radius 2 is 2.25 bits per heavy atom. The van der Waals surface area contributed by atoms with Crippen molar-refractivity contribution >= 4 is 5.97 Å². The van der Waals surface area contributed by atoms with Crippen molar-refractivity contribution in [3.05, 3.63) is 0 Å². The summed E-state index contributed by atoms with van der Waals surface area (Å²) in [6.45, 7) is 4.28. The summed E-state index contributed by atoms with van der Waals surface area (Å²) in [6, 6.07) is 0. The molecule has 1 N–H and O–H groups in total. The molecule has 5 nitrogen and oxygen atoms in total. The van der Waals surface area contributed by atoms with Gasteiger partial charge in [0.05, 0.1) is 13.7 Å². The first-order valence-corrected chi connectivity index (χ1v) is 4.98. The average molecular weight is 236 g/mol. The van der Waals surface area contributed by atoms with Crippen LogP contribution in [0, 0.1) is 0 Å². The zero-order valence-electron chi connectivity index (χ0n) is 9.82. The van der Waals surface area contributed by atoms with Crippen molar-refractivity contribution in [3.8, 4) is 0 Å². The molecule has 94 valence electrons. The minimum absolute atomic E-state index is 0.0324. The molecular formula is C10H17FO5. The lowest BCUT2D eigenvalue weighted by Crippen LogP contribution is -2.51. The summed E-state index contributed by atoms with van der Waals surface area (Å²) < 4.78 is 28.7. The Hall–Kier alpha value is -0.720. The van der Waals surface area contributed by atoms with Gasteiger partial charge in [0.1, 0.15) is 12.2 Å². The molecule has 0 aromatic heterocycles. The van der Waals surface area contributed by atoms with Crippen molar-refractivity contribution in [2.24, 2.45) is 0 Å². The number of hydrogen-bond donors (Lipinski definition) is 1. The maximum absolute atomic E-state index is 13.9. The first kappa shape index (κ1) is 13.3. The number of ether oxygens (including phenoxy) is 3. The van der Waals surface area contributed by atoms with Crippen LogP contribution in [0.1, 0.15) is 20.8 Å². The Morgan fingerprint density at radius 1 is 1.69 bits per heavy atom. The van der Waals surface area contributed by atoms with E-state index in [1.54, 1.807) is 13.8 Å². The monoisotopic (exact) mass is 236 g/mol. The highest BCUT2D eigenvalue weighted by atomic mass is 19.1. The van der Waals surface area contributed by atoms with Crippen LogP contribution in [0.5, 0.6) is 0 Å². The van der Waals surface area contributed by atoms with Crippen LogP contribution in [0.4, 0.5) is 4.39 Å². The molecule has 1 aliphatic rings. The molecule has 0 saturated carbocycles. The summed E-state index contributed by atoms with van der Waals surface area (Å²) in [7, 11) is 1.06. The third-order valence-electron chi connectivity index (χ3n) is 2.52. The van der Waals surface area contributed by atoms with E-state index in [1.165, 1.54) is 0 Å². The van der Waals surface area contributed by atoms with Gasteiger partial charge in [-0.2, -0.15) is 0 Å². The number of aliphatic hydroxyl groups is 1. The highest BCUT2D eigenvalue weighted by Gasteiger charge is 2.50. The van der Waals surface area contributed by atoms with Crippen LogP contribution < -0.4 is 0 Å². The summed E-state index contributed by atoms with van der Waals surface area (Å²) in [5.74, 6) is -2.01. The normalized spacial score (nSPS) is 29.5. The predicted molar refractivity (Wildman–Crippen MR) is 52.4 cm³/mol. The highest BCUT2D eigenvalue weighted by molar-refractivity contribution is 5.79. The first-order valence-electron chi connectivity index (χ1n) is 4.98. The van der Waals surface area contributed by atoms with E-state index in [0.29, 0.717) is 0 Å². The minimum atomic E-state index is -2.51. The van der Waals surface area contributed by atoms with Crippen LogP contribution in [0.15, 0.2) is 0 Å². The second kappa shape index (κ2) is 4.27. The third-order valence-corrected chi connectivity index (χ3v) is 2.52. The van der Waals surface area contributed by atoms with Crippen molar-refractivity contribution in [3.63, 3.8) is 0 Å². The van der Waals surface area contributed by atoms with E-state index in [0.717, 1.165) is 14.0 Å². The number of methoxy groups -OCH3 is 1. The zero-order chi connectivity index (χ0) is 12.6. The number of halogens is 1. The van der Waals surface area contributed by atoms with Gasteiger partial charge in [0.2, 0.25) is 5.67 Å². The molecule has 1 saturated heterocycles. The highest BCUT2D eigenvalue weighted by Crippen LogP contribution is 2.30. The molecule has 1 aliphatic heterocycles. The van der Waals surface area contributed by atoms with Crippen molar-refractivity contribution < 1.29 is 28.5 Å². The second-order valence-electron chi connectivity index (χ2n) is 4.38. The number of rotatable bonds is 3. The molecule has 0 bridgehead atoms. The van der Waals surface area contributed by atoms with Crippen LogP contribution in [-0.4, -0.2) is 48.5 Å². The van der Waals surface area contributed by atoms with Gasteiger partial charge in [0.15, 0.2) is 5.79 Å². The van der Waals surface area contributed by atoms with E-state index in [-0.39, 0.29) is 6.61 Å². The van der Waals surface area contributed by atoms with Gasteiger partial charge in [0.25, 0.3) is 0 Å². The fraction of sp³-hybridized carbons (Fsp3) is 0.900. The molecule has 0 aromatic rings. The summed E-state index contributed by atoms with van der Waals surface area (Å²) in [6.07, 6.45) is -2.51. The lowest BCUT2D eigenvalue weighted by atomic mass is 9.97. The Morgan fingerprint density at radius 3 is 2.62 bits per heavy atom. The average Bonchev–Trinajstić information content (AvgIpc) is 2.56. The number of esters is 1. The van der Waals surface area contributed by atoms with Gasteiger partial charge in [-0.25, -0.2) is 9.18 Å². The van der Waals surface area contributed by atoms with Gasteiger partial charge in [-0.3, -0.25) is 0 Å².